The molecule has 2 aliphatic rings. The molecule has 3 aromatic rings. The van der Waals surface area contributed by atoms with Gasteiger partial charge in [0.2, 0.25) is 0 Å². The maximum absolute atomic E-state index is 12.6. The van der Waals surface area contributed by atoms with E-state index < -0.39 is 0 Å². The van der Waals surface area contributed by atoms with Crippen LogP contribution in [0.25, 0.3) is 11.4 Å². The third-order valence-electron chi connectivity index (χ3n) is 6.56. The van der Waals surface area contributed by atoms with Crippen molar-refractivity contribution < 1.29 is 4.79 Å². The summed E-state index contributed by atoms with van der Waals surface area (Å²) in [5, 5.41) is 2.94. The SMILES string of the molecule is CN(Cc1ccccc1)C1CCN(c2nc(-c3ccccc3)nc3c2CCNC3=O)CC1. The lowest BCUT2D eigenvalue weighted by Crippen LogP contribution is -2.44. The van der Waals surface area contributed by atoms with Crippen molar-refractivity contribution in [3.05, 3.63) is 77.5 Å². The molecule has 0 atom stereocenters. The van der Waals surface area contributed by atoms with E-state index in [1.807, 2.05) is 30.3 Å². The fourth-order valence-corrected chi connectivity index (χ4v) is 4.77. The van der Waals surface area contributed by atoms with Crippen molar-refractivity contribution in [1.82, 2.24) is 20.2 Å². The average Bonchev–Trinajstić information content (AvgIpc) is 2.85. The predicted molar refractivity (Wildman–Crippen MR) is 127 cm³/mol. The van der Waals surface area contributed by atoms with Crippen LogP contribution in [-0.2, 0) is 13.0 Å². The van der Waals surface area contributed by atoms with Crippen LogP contribution < -0.4 is 10.2 Å². The number of piperidine rings is 1. The van der Waals surface area contributed by atoms with Crippen molar-refractivity contribution in [2.75, 3.05) is 31.6 Å². The molecule has 2 aliphatic heterocycles. The first-order valence-electron chi connectivity index (χ1n) is 11.4. The number of anilines is 1. The molecule has 2 aromatic carbocycles. The van der Waals surface area contributed by atoms with E-state index >= 15 is 0 Å². The van der Waals surface area contributed by atoms with Gasteiger partial charge in [0, 0.05) is 43.3 Å². The molecule has 3 heterocycles. The largest absolute Gasteiger partial charge is 0.356 e. The monoisotopic (exact) mass is 427 g/mol. The van der Waals surface area contributed by atoms with Crippen LogP contribution in [0.5, 0.6) is 0 Å². The van der Waals surface area contributed by atoms with Gasteiger partial charge in [0.1, 0.15) is 11.5 Å². The van der Waals surface area contributed by atoms with Crippen LogP contribution in [0.1, 0.15) is 34.5 Å². The topological polar surface area (TPSA) is 61.4 Å². The van der Waals surface area contributed by atoms with Crippen LogP contribution in [0.15, 0.2) is 60.7 Å². The van der Waals surface area contributed by atoms with Gasteiger partial charge in [-0.2, -0.15) is 0 Å². The molecule has 1 fully saturated rings. The summed E-state index contributed by atoms with van der Waals surface area (Å²) in [5.74, 6) is 1.47. The number of nitrogens with zero attached hydrogens (tertiary/aromatic N) is 4. The molecule has 0 bridgehead atoms. The first-order valence-corrected chi connectivity index (χ1v) is 11.4. The number of aromatic nitrogens is 2. The summed E-state index contributed by atoms with van der Waals surface area (Å²) in [4.78, 5) is 27.0. The predicted octanol–water partition coefficient (Wildman–Crippen LogP) is 3.53. The molecule has 1 saturated heterocycles. The molecule has 0 radical (unpaired) electrons. The van der Waals surface area contributed by atoms with Gasteiger partial charge >= 0.3 is 0 Å². The zero-order chi connectivity index (χ0) is 21.9. The third-order valence-corrected chi connectivity index (χ3v) is 6.56. The molecule has 164 valence electrons. The number of carbonyl (C=O) groups is 1. The molecule has 5 rings (SSSR count). The molecule has 1 amide bonds. The van der Waals surface area contributed by atoms with E-state index in [9.17, 15) is 4.79 Å². The van der Waals surface area contributed by atoms with Gasteiger partial charge in [0.15, 0.2) is 5.82 Å². The van der Waals surface area contributed by atoms with E-state index in [4.69, 9.17) is 4.98 Å². The molecule has 0 aliphatic carbocycles. The van der Waals surface area contributed by atoms with Gasteiger partial charge in [-0.05, 0) is 31.9 Å². The molecule has 0 saturated carbocycles. The maximum Gasteiger partial charge on any atom is 0.270 e. The fourth-order valence-electron chi connectivity index (χ4n) is 4.77. The second-order valence-electron chi connectivity index (χ2n) is 8.69. The first-order chi connectivity index (χ1) is 15.7. The standard InChI is InChI=1S/C26H29N5O/c1-30(18-19-8-4-2-5-9-19)21-13-16-31(17-14-21)25-22-12-15-27-26(32)23(22)28-24(29-25)20-10-6-3-7-11-20/h2-11,21H,12-18H2,1H3,(H,27,32). The molecular formula is C26H29N5O. The van der Waals surface area contributed by atoms with Crippen LogP contribution in [-0.4, -0.2) is 53.5 Å². The lowest BCUT2D eigenvalue weighted by molar-refractivity contribution is 0.0940. The average molecular weight is 428 g/mol. The van der Waals surface area contributed by atoms with Gasteiger partial charge in [-0.3, -0.25) is 9.69 Å². The number of benzene rings is 2. The van der Waals surface area contributed by atoms with E-state index in [1.54, 1.807) is 0 Å². The van der Waals surface area contributed by atoms with E-state index in [1.165, 1.54) is 5.56 Å². The summed E-state index contributed by atoms with van der Waals surface area (Å²) >= 11 is 0. The van der Waals surface area contributed by atoms with Crippen LogP contribution >= 0.6 is 0 Å². The summed E-state index contributed by atoms with van der Waals surface area (Å²) in [6, 6.07) is 21.1. The van der Waals surface area contributed by atoms with Crippen molar-refractivity contribution in [1.29, 1.82) is 0 Å². The zero-order valence-corrected chi connectivity index (χ0v) is 18.5. The molecule has 0 spiro atoms. The Hall–Kier alpha value is -3.25. The molecule has 6 heteroatoms. The number of amides is 1. The van der Waals surface area contributed by atoms with Crippen molar-refractivity contribution in [3.63, 3.8) is 0 Å². The Morgan fingerprint density at radius 1 is 1.00 bits per heavy atom. The highest BCUT2D eigenvalue weighted by Gasteiger charge is 2.29. The minimum Gasteiger partial charge on any atom is -0.356 e. The van der Waals surface area contributed by atoms with Crippen molar-refractivity contribution in [3.8, 4) is 11.4 Å². The van der Waals surface area contributed by atoms with Gasteiger partial charge in [-0.1, -0.05) is 60.7 Å². The highest BCUT2D eigenvalue weighted by molar-refractivity contribution is 5.96. The number of hydrogen-bond acceptors (Lipinski definition) is 5. The Balaban J connectivity index is 1.37. The number of nitrogens with one attached hydrogen (secondary N) is 1. The number of fused-ring (bicyclic) bond motifs is 1. The molecule has 0 unspecified atom stereocenters. The minimum absolute atomic E-state index is 0.0930. The van der Waals surface area contributed by atoms with Crippen molar-refractivity contribution in [2.24, 2.45) is 0 Å². The van der Waals surface area contributed by atoms with E-state index in [-0.39, 0.29) is 5.91 Å². The molecular weight excluding hydrogens is 398 g/mol. The highest BCUT2D eigenvalue weighted by atomic mass is 16.1. The zero-order valence-electron chi connectivity index (χ0n) is 18.5. The van der Waals surface area contributed by atoms with Gasteiger partial charge in [-0.25, -0.2) is 9.97 Å². The smallest absolute Gasteiger partial charge is 0.270 e. The Kier molecular flexibility index (Phi) is 5.86. The van der Waals surface area contributed by atoms with E-state index in [2.05, 4.69) is 57.5 Å². The number of hydrogen-bond donors (Lipinski definition) is 1. The first kappa shape index (κ1) is 20.6. The Morgan fingerprint density at radius 2 is 1.69 bits per heavy atom. The second kappa shape index (κ2) is 9.09. The quantitative estimate of drug-likeness (QED) is 0.675. The fraction of sp³-hybridized carbons (Fsp3) is 0.346. The lowest BCUT2D eigenvalue weighted by atomic mass is 10.00. The minimum atomic E-state index is -0.0930. The molecule has 6 nitrogen and oxygen atoms in total. The van der Waals surface area contributed by atoms with Gasteiger partial charge < -0.3 is 10.2 Å². The Bertz CT molecular complexity index is 1080. The maximum atomic E-state index is 12.6. The van der Waals surface area contributed by atoms with Crippen LogP contribution in [0.2, 0.25) is 0 Å². The van der Waals surface area contributed by atoms with E-state index in [0.717, 1.165) is 55.8 Å². The molecule has 1 aromatic heterocycles. The number of rotatable bonds is 5. The Labute approximate surface area is 189 Å². The summed E-state index contributed by atoms with van der Waals surface area (Å²) in [5.41, 5.74) is 3.81. The lowest BCUT2D eigenvalue weighted by Gasteiger charge is -2.38. The summed E-state index contributed by atoms with van der Waals surface area (Å²) in [6.07, 6.45) is 2.93. The van der Waals surface area contributed by atoms with E-state index in [0.29, 0.717) is 24.1 Å². The van der Waals surface area contributed by atoms with Gasteiger partial charge in [0.05, 0.1) is 0 Å². The molecule has 1 N–H and O–H groups in total. The van der Waals surface area contributed by atoms with Crippen molar-refractivity contribution >= 4 is 11.7 Å². The Morgan fingerprint density at radius 3 is 2.41 bits per heavy atom. The number of carbonyl (C=O) groups excluding carboxylic acids is 1. The summed E-state index contributed by atoms with van der Waals surface area (Å²) in [6.45, 7) is 3.47. The summed E-state index contributed by atoms with van der Waals surface area (Å²) in [7, 11) is 2.22. The van der Waals surface area contributed by atoms with Gasteiger partial charge in [-0.15, -0.1) is 0 Å². The third kappa shape index (κ3) is 4.23. The van der Waals surface area contributed by atoms with Crippen molar-refractivity contribution in [2.45, 2.75) is 31.8 Å². The normalized spacial score (nSPS) is 16.7. The highest BCUT2D eigenvalue weighted by Crippen LogP contribution is 2.30. The van der Waals surface area contributed by atoms with Crippen LogP contribution in [0.4, 0.5) is 5.82 Å². The summed E-state index contributed by atoms with van der Waals surface area (Å²) < 4.78 is 0. The molecule has 32 heavy (non-hydrogen) atoms. The van der Waals surface area contributed by atoms with Gasteiger partial charge in [0.25, 0.3) is 5.91 Å². The van der Waals surface area contributed by atoms with Crippen LogP contribution in [0.3, 0.4) is 0 Å². The van der Waals surface area contributed by atoms with Crippen LogP contribution in [0, 0.1) is 0 Å². The second-order valence-corrected chi connectivity index (χ2v) is 8.69.